The smallest absolute Gasteiger partial charge is 0.338 e. The number of aromatic nitrogens is 1. The molecular formula is C31H36N4O8S2. The highest BCUT2D eigenvalue weighted by Gasteiger charge is 2.29. The maximum atomic E-state index is 13.4. The number of aromatic hydroxyl groups is 1. The van der Waals surface area contributed by atoms with E-state index in [1.165, 1.54) is 29.6 Å². The first-order chi connectivity index (χ1) is 21.4. The molecule has 2 heterocycles. The summed E-state index contributed by atoms with van der Waals surface area (Å²) in [6, 6.07) is 18.1. The first-order valence-corrected chi connectivity index (χ1v) is 17.7. The number of benzene rings is 3. The number of sulfonamides is 2. The van der Waals surface area contributed by atoms with E-state index in [0.717, 1.165) is 22.8 Å². The lowest BCUT2D eigenvalue weighted by molar-refractivity contribution is 0.0603. The number of nitrogens with one attached hydrogen (secondary N) is 2. The number of methoxy groups -OCH3 is 1. The third-order valence-electron chi connectivity index (χ3n) is 7.94. The van der Waals surface area contributed by atoms with Crippen LogP contribution in [-0.4, -0.2) is 81.4 Å². The summed E-state index contributed by atoms with van der Waals surface area (Å²) in [5.41, 5.74) is 2.44. The van der Waals surface area contributed by atoms with Crippen molar-refractivity contribution in [2.75, 3.05) is 44.3 Å². The minimum absolute atomic E-state index is 0.00952. The van der Waals surface area contributed by atoms with Crippen LogP contribution in [0.15, 0.2) is 77.8 Å². The van der Waals surface area contributed by atoms with Gasteiger partial charge in [-0.05, 0) is 85.5 Å². The number of esters is 1. The molecule has 1 saturated heterocycles. The predicted molar refractivity (Wildman–Crippen MR) is 171 cm³/mol. The highest BCUT2D eigenvalue weighted by Crippen LogP contribution is 2.29. The van der Waals surface area contributed by atoms with Crippen LogP contribution >= 0.6 is 0 Å². The number of phenolic OH excluding ortho intramolecular Hbond substituents is 1. The zero-order valence-electron chi connectivity index (χ0n) is 24.9. The molecular weight excluding hydrogens is 620 g/mol. The maximum absolute atomic E-state index is 13.4. The summed E-state index contributed by atoms with van der Waals surface area (Å²) in [4.78, 5) is 12.3. The first kappa shape index (κ1) is 32.4. The fraction of sp³-hybridized carbons (Fsp3) is 0.323. The average Bonchev–Trinajstić information content (AvgIpc) is 3.46. The highest BCUT2D eigenvalue weighted by molar-refractivity contribution is 7.92. The molecule has 0 amide bonds. The Morgan fingerprint density at radius 2 is 1.73 bits per heavy atom. The van der Waals surface area contributed by atoms with Gasteiger partial charge in [-0.2, -0.15) is 4.31 Å². The summed E-state index contributed by atoms with van der Waals surface area (Å²) < 4.78 is 60.4. The molecule has 12 nitrogen and oxygen atoms in total. The molecule has 3 aromatic carbocycles. The molecule has 0 radical (unpaired) electrons. The molecule has 5 rings (SSSR count). The molecule has 0 unspecified atom stereocenters. The Kier molecular flexibility index (Phi) is 9.51. The van der Waals surface area contributed by atoms with Gasteiger partial charge in [-0.3, -0.25) is 4.72 Å². The van der Waals surface area contributed by atoms with Crippen LogP contribution < -0.4 is 10.0 Å². The lowest BCUT2D eigenvalue weighted by atomic mass is 9.98. The molecule has 4 N–H and O–H groups in total. The van der Waals surface area contributed by atoms with Gasteiger partial charge in [0.05, 0.1) is 41.1 Å². The van der Waals surface area contributed by atoms with E-state index in [9.17, 15) is 31.8 Å². The van der Waals surface area contributed by atoms with Gasteiger partial charge >= 0.3 is 5.97 Å². The van der Waals surface area contributed by atoms with Gasteiger partial charge in [0.25, 0.3) is 0 Å². The summed E-state index contributed by atoms with van der Waals surface area (Å²) >= 11 is 0. The van der Waals surface area contributed by atoms with Gasteiger partial charge in [0.15, 0.2) is 0 Å². The van der Waals surface area contributed by atoms with Crippen molar-refractivity contribution in [1.82, 2.24) is 14.2 Å². The Balaban J connectivity index is 1.15. The van der Waals surface area contributed by atoms with Crippen molar-refractivity contribution in [2.45, 2.75) is 23.8 Å². The number of rotatable bonds is 11. The Hall–Kier alpha value is -3.95. The molecule has 4 aromatic rings. The van der Waals surface area contributed by atoms with E-state index in [1.54, 1.807) is 36.4 Å². The van der Waals surface area contributed by atoms with E-state index in [-0.39, 0.29) is 28.8 Å². The predicted octanol–water partition coefficient (Wildman–Crippen LogP) is 3.22. The number of nitrogens with zero attached hydrogens (tertiary/aromatic N) is 2. The third kappa shape index (κ3) is 7.31. The molecule has 0 aliphatic carbocycles. The van der Waals surface area contributed by atoms with Crippen LogP contribution in [0, 0.1) is 5.92 Å². The van der Waals surface area contributed by atoms with Crippen molar-refractivity contribution in [3.63, 3.8) is 0 Å². The van der Waals surface area contributed by atoms with Crippen molar-refractivity contribution in [3.05, 3.63) is 84.1 Å². The van der Waals surface area contributed by atoms with Crippen LogP contribution in [0.4, 0.5) is 5.69 Å². The Bertz CT molecular complexity index is 1900. The molecule has 240 valence electrons. The van der Waals surface area contributed by atoms with Crippen molar-refractivity contribution in [3.8, 4) is 11.4 Å². The average molecular weight is 657 g/mol. The number of anilines is 1. The molecule has 1 atom stereocenters. The number of aliphatic hydroxyl groups excluding tert-OH is 1. The summed E-state index contributed by atoms with van der Waals surface area (Å²) in [6.45, 7) is 1.52. The van der Waals surface area contributed by atoms with Gasteiger partial charge < -0.3 is 24.8 Å². The number of fused-ring (bicyclic) bond motifs is 1. The second kappa shape index (κ2) is 13.2. The fourth-order valence-corrected chi connectivity index (χ4v) is 7.58. The zero-order chi connectivity index (χ0) is 32.4. The molecule has 1 fully saturated rings. The summed E-state index contributed by atoms with van der Waals surface area (Å²) in [5.74, 6) is -0.455. The quantitative estimate of drug-likeness (QED) is 0.140. The van der Waals surface area contributed by atoms with E-state index >= 15 is 0 Å². The van der Waals surface area contributed by atoms with Crippen LogP contribution in [0.3, 0.4) is 0 Å². The number of hydrogen-bond acceptors (Lipinski definition) is 9. The van der Waals surface area contributed by atoms with E-state index < -0.39 is 32.1 Å². The minimum Gasteiger partial charge on any atom is -0.506 e. The summed E-state index contributed by atoms with van der Waals surface area (Å²) in [5, 5.41) is 24.5. The lowest BCUT2D eigenvalue weighted by Gasteiger charge is -2.31. The monoisotopic (exact) mass is 656 g/mol. The van der Waals surface area contributed by atoms with Gasteiger partial charge in [-0.15, -0.1) is 0 Å². The molecule has 1 aliphatic rings. The largest absolute Gasteiger partial charge is 0.506 e. The number of aliphatic hydroxyl groups is 1. The normalized spacial score (nSPS) is 15.6. The standard InChI is InChI=1S/C31H36N4O8S2/c1-43-31(38)26-4-3-5-28-25(26)14-17-35(28)23-7-9-24(10-8-23)45(41,42)34-15-12-21(13-16-34)19-32-20-30(37)22-6-11-29(36)27(18-22)33-44(2,39)40/h3-11,14,17-18,21,30,32-33,36-37H,12-13,15-16,19-20H2,1-2H3/t30-/m0/s1. The number of hydrogen-bond donors (Lipinski definition) is 4. The number of carbonyl (C=O) groups excluding carboxylic acids is 1. The number of carbonyl (C=O) groups is 1. The molecule has 1 aliphatic heterocycles. The van der Waals surface area contributed by atoms with Crippen LogP contribution in [0.1, 0.15) is 34.9 Å². The van der Waals surface area contributed by atoms with Crippen molar-refractivity contribution < 1.29 is 36.6 Å². The first-order valence-electron chi connectivity index (χ1n) is 14.4. The van der Waals surface area contributed by atoms with Crippen LogP contribution in [-0.2, 0) is 24.8 Å². The van der Waals surface area contributed by atoms with E-state index in [0.29, 0.717) is 43.6 Å². The molecule has 0 bridgehead atoms. The van der Waals surface area contributed by atoms with Crippen LogP contribution in [0.2, 0.25) is 0 Å². The number of piperidine rings is 1. The summed E-state index contributed by atoms with van der Waals surface area (Å²) in [7, 11) is -5.95. The molecule has 14 heteroatoms. The second-order valence-electron chi connectivity index (χ2n) is 11.1. The SMILES string of the molecule is COC(=O)c1cccc2c1ccn2-c1ccc(S(=O)(=O)N2CCC(CNC[C@H](O)c3ccc(O)c(NS(C)(=O)=O)c3)CC2)cc1. The number of phenols is 1. The van der Waals surface area contributed by atoms with Gasteiger partial charge in [0.1, 0.15) is 5.75 Å². The topological polar surface area (TPSA) is 167 Å². The maximum Gasteiger partial charge on any atom is 0.338 e. The van der Waals surface area contributed by atoms with Gasteiger partial charge in [-0.25, -0.2) is 21.6 Å². The number of ether oxygens (including phenoxy) is 1. The fourth-order valence-electron chi connectivity index (χ4n) is 5.55. The molecule has 0 saturated carbocycles. The second-order valence-corrected chi connectivity index (χ2v) is 14.8. The highest BCUT2D eigenvalue weighted by atomic mass is 32.2. The molecule has 0 spiro atoms. The van der Waals surface area contributed by atoms with Gasteiger partial charge in [0.2, 0.25) is 20.0 Å². The van der Waals surface area contributed by atoms with Crippen molar-refractivity contribution >= 4 is 42.6 Å². The summed E-state index contributed by atoms with van der Waals surface area (Å²) in [6.07, 6.45) is 3.17. The van der Waals surface area contributed by atoms with E-state index in [1.807, 2.05) is 22.9 Å². The van der Waals surface area contributed by atoms with Crippen molar-refractivity contribution in [1.29, 1.82) is 0 Å². The minimum atomic E-state index is -3.69. The molecule has 1 aromatic heterocycles. The van der Waals surface area contributed by atoms with Crippen molar-refractivity contribution in [2.24, 2.45) is 5.92 Å². The third-order valence-corrected chi connectivity index (χ3v) is 10.4. The Morgan fingerprint density at radius 1 is 1.02 bits per heavy atom. The van der Waals surface area contributed by atoms with Gasteiger partial charge in [0, 0.05) is 36.9 Å². The van der Waals surface area contributed by atoms with E-state index in [2.05, 4.69) is 10.0 Å². The van der Waals surface area contributed by atoms with Crippen LogP contribution in [0.5, 0.6) is 5.75 Å². The lowest BCUT2D eigenvalue weighted by Crippen LogP contribution is -2.41. The zero-order valence-corrected chi connectivity index (χ0v) is 26.5. The van der Waals surface area contributed by atoms with Gasteiger partial charge in [-0.1, -0.05) is 12.1 Å². The Morgan fingerprint density at radius 3 is 2.40 bits per heavy atom. The van der Waals surface area contributed by atoms with Crippen LogP contribution in [0.25, 0.3) is 16.6 Å². The van der Waals surface area contributed by atoms with E-state index in [4.69, 9.17) is 4.74 Å². The molecule has 45 heavy (non-hydrogen) atoms. The Labute approximate surface area is 262 Å².